The summed E-state index contributed by atoms with van der Waals surface area (Å²) in [6.45, 7) is 2.10. The van der Waals surface area contributed by atoms with Crippen molar-refractivity contribution in [3.05, 3.63) is 90.3 Å². The first-order chi connectivity index (χ1) is 18.1. The number of para-hydroxylation sites is 1. The normalized spacial score (nSPS) is 11.9. The Kier molecular flexibility index (Phi) is 8.45. The van der Waals surface area contributed by atoms with Gasteiger partial charge in [0.2, 0.25) is 5.95 Å². The largest absolute Gasteiger partial charge is 0.493 e. The maximum Gasteiger partial charge on any atom is 0.231 e. The number of pyridine rings is 1. The van der Waals surface area contributed by atoms with Gasteiger partial charge < -0.3 is 25.2 Å². The van der Waals surface area contributed by atoms with E-state index in [9.17, 15) is 5.11 Å². The van der Waals surface area contributed by atoms with Gasteiger partial charge in [0.15, 0.2) is 17.3 Å². The Hall–Kier alpha value is -4.70. The zero-order valence-corrected chi connectivity index (χ0v) is 20.8. The zero-order valence-electron chi connectivity index (χ0n) is 20.8. The van der Waals surface area contributed by atoms with Crippen LogP contribution < -0.4 is 25.5 Å². The van der Waals surface area contributed by atoms with Crippen LogP contribution in [0, 0.1) is 0 Å². The molecule has 1 atom stereocenters. The van der Waals surface area contributed by atoms with Crippen LogP contribution in [0.3, 0.4) is 0 Å². The van der Waals surface area contributed by atoms with Gasteiger partial charge in [-0.2, -0.15) is 15.1 Å². The quantitative estimate of drug-likeness (QED) is 0.173. The lowest BCUT2D eigenvalue weighted by Crippen LogP contribution is -2.14. The standard InChI is InChI=1S/C27H29N7O3/c1-18(19-11-13-28-14-12-19)33-34-26-16-25(31-27(32-26)30-21-7-5-4-6-8-21)29-17-22(35)20-9-10-23(36-2)24(15-20)37-3/h4-16,22,35H,17H2,1-3H3,(H3,29,30,31,32,34). The molecule has 2 aromatic carbocycles. The molecule has 0 radical (unpaired) electrons. The van der Waals surface area contributed by atoms with Crippen LogP contribution in [0.1, 0.15) is 24.2 Å². The number of aliphatic hydroxyl groups is 1. The van der Waals surface area contributed by atoms with Crippen LogP contribution in [0.5, 0.6) is 11.5 Å². The van der Waals surface area contributed by atoms with E-state index in [1.165, 1.54) is 0 Å². The van der Waals surface area contributed by atoms with Gasteiger partial charge >= 0.3 is 0 Å². The smallest absolute Gasteiger partial charge is 0.231 e. The Morgan fingerprint density at radius 2 is 1.65 bits per heavy atom. The molecule has 4 rings (SSSR count). The van der Waals surface area contributed by atoms with Gasteiger partial charge in [0, 0.05) is 36.3 Å². The van der Waals surface area contributed by atoms with Crippen molar-refractivity contribution >= 4 is 29.0 Å². The van der Waals surface area contributed by atoms with Crippen molar-refractivity contribution in [2.24, 2.45) is 5.10 Å². The highest BCUT2D eigenvalue weighted by Gasteiger charge is 2.13. The van der Waals surface area contributed by atoms with Gasteiger partial charge in [0.1, 0.15) is 5.82 Å². The van der Waals surface area contributed by atoms with E-state index in [1.54, 1.807) is 50.9 Å². The van der Waals surface area contributed by atoms with Crippen molar-refractivity contribution in [1.29, 1.82) is 0 Å². The molecule has 1 unspecified atom stereocenters. The van der Waals surface area contributed by atoms with Crippen molar-refractivity contribution in [2.75, 3.05) is 36.8 Å². The van der Waals surface area contributed by atoms with E-state index in [0.717, 1.165) is 17.0 Å². The summed E-state index contributed by atoms with van der Waals surface area (Å²) in [7, 11) is 3.13. The fourth-order valence-corrected chi connectivity index (χ4v) is 3.48. The number of aliphatic hydroxyl groups excluding tert-OH is 1. The Balaban J connectivity index is 1.53. The summed E-state index contributed by atoms with van der Waals surface area (Å²) >= 11 is 0. The van der Waals surface area contributed by atoms with Gasteiger partial charge in [-0.3, -0.25) is 10.4 Å². The van der Waals surface area contributed by atoms with E-state index in [0.29, 0.717) is 34.6 Å². The third-order valence-corrected chi connectivity index (χ3v) is 5.46. The van der Waals surface area contributed by atoms with Crippen molar-refractivity contribution in [2.45, 2.75) is 13.0 Å². The molecule has 4 N–H and O–H groups in total. The molecule has 0 aliphatic rings. The lowest BCUT2D eigenvalue weighted by Gasteiger charge is -2.16. The number of nitrogens with zero attached hydrogens (tertiary/aromatic N) is 4. The third kappa shape index (κ3) is 6.92. The highest BCUT2D eigenvalue weighted by Crippen LogP contribution is 2.30. The van der Waals surface area contributed by atoms with Crippen molar-refractivity contribution in [1.82, 2.24) is 15.0 Å². The average Bonchev–Trinajstić information content (AvgIpc) is 2.95. The summed E-state index contributed by atoms with van der Waals surface area (Å²) in [5, 5.41) is 21.6. The van der Waals surface area contributed by atoms with E-state index in [-0.39, 0.29) is 6.54 Å². The van der Waals surface area contributed by atoms with Crippen molar-refractivity contribution in [3.8, 4) is 11.5 Å². The van der Waals surface area contributed by atoms with E-state index >= 15 is 0 Å². The third-order valence-electron chi connectivity index (χ3n) is 5.46. The first-order valence-corrected chi connectivity index (χ1v) is 11.6. The first-order valence-electron chi connectivity index (χ1n) is 11.6. The number of hydrogen-bond acceptors (Lipinski definition) is 10. The molecule has 0 spiro atoms. The minimum Gasteiger partial charge on any atom is -0.493 e. The number of nitrogens with one attached hydrogen (secondary N) is 3. The molecular formula is C27H29N7O3. The summed E-state index contributed by atoms with van der Waals surface area (Å²) in [6.07, 6.45) is 2.61. The molecule has 10 heteroatoms. The molecule has 2 aromatic heterocycles. The number of rotatable bonds is 11. The Morgan fingerprint density at radius 1 is 0.919 bits per heavy atom. The van der Waals surface area contributed by atoms with E-state index in [2.05, 4.69) is 36.1 Å². The lowest BCUT2D eigenvalue weighted by molar-refractivity contribution is 0.191. The van der Waals surface area contributed by atoms with Crippen molar-refractivity contribution < 1.29 is 14.6 Å². The number of methoxy groups -OCH3 is 2. The highest BCUT2D eigenvalue weighted by molar-refractivity contribution is 5.98. The van der Waals surface area contributed by atoms with E-state index in [1.807, 2.05) is 49.4 Å². The molecule has 0 aliphatic carbocycles. The van der Waals surface area contributed by atoms with Crippen LogP contribution in [0.15, 0.2) is 84.2 Å². The molecule has 10 nitrogen and oxygen atoms in total. The molecule has 190 valence electrons. The number of ether oxygens (including phenoxy) is 2. The molecule has 0 aliphatic heterocycles. The van der Waals surface area contributed by atoms with E-state index in [4.69, 9.17) is 9.47 Å². The number of aromatic nitrogens is 3. The van der Waals surface area contributed by atoms with Gasteiger partial charge in [-0.15, -0.1) is 0 Å². The molecule has 0 amide bonds. The summed E-state index contributed by atoms with van der Waals surface area (Å²) in [5.41, 5.74) is 6.23. The molecule has 2 heterocycles. The van der Waals surface area contributed by atoms with Crippen LogP contribution in [-0.2, 0) is 0 Å². The Morgan fingerprint density at radius 3 is 2.38 bits per heavy atom. The second kappa shape index (κ2) is 12.3. The zero-order chi connectivity index (χ0) is 26.0. The first kappa shape index (κ1) is 25.4. The summed E-state index contributed by atoms with van der Waals surface area (Å²) < 4.78 is 10.6. The van der Waals surface area contributed by atoms with Gasteiger partial charge in [0.05, 0.1) is 26.0 Å². The second-order valence-electron chi connectivity index (χ2n) is 8.01. The second-order valence-corrected chi connectivity index (χ2v) is 8.01. The lowest BCUT2D eigenvalue weighted by atomic mass is 10.1. The fourth-order valence-electron chi connectivity index (χ4n) is 3.48. The minimum absolute atomic E-state index is 0.204. The molecular weight excluding hydrogens is 470 g/mol. The maximum absolute atomic E-state index is 10.8. The predicted octanol–water partition coefficient (Wildman–Crippen LogP) is 4.61. The SMILES string of the molecule is COc1ccc(C(O)CNc2cc(NN=C(C)c3ccncc3)nc(Nc3ccccc3)n2)cc1OC. The van der Waals surface area contributed by atoms with Gasteiger partial charge in [-0.1, -0.05) is 24.3 Å². The van der Waals surface area contributed by atoms with Crippen LogP contribution in [0.2, 0.25) is 0 Å². The minimum atomic E-state index is -0.816. The van der Waals surface area contributed by atoms with Crippen LogP contribution >= 0.6 is 0 Å². The summed E-state index contributed by atoms with van der Waals surface area (Å²) in [5.74, 6) is 2.50. The maximum atomic E-state index is 10.8. The molecule has 0 bridgehead atoms. The molecule has 0 fully saturated rings. The summed E-state index contributed by atoms with van der Waals surface area (Å²) in [6, 6.07) is 20.4. The van der Waals surface area contributed by atoms with Crippen LogP contribution in [0.4, 0.5) is 23.3 Å². The Bertz CT molecular complexity index is 1330. The van der Waals surface area contributed by atoms with Gasteiger partial charge in [-0.05, 0) is 48.9 Å². The molecule has 4 aromatic rings. The Labute approximate surface area is 215 Å². The predicted molar refractivity (Wildman–Crippen MR) is 145 cm³/mol. The average molecular weight is 500 g/mol. The number of benzene rings is 2. The van der Waals surface area contributed by atoms with Gasteiger partial charge in [0.25, 0.3) is 0 Å². The fraction of sp³-hybridized carbons (Fsp3) is 0.185. The van der Waals surface area contributed by atoms with Crippen LogP contribution in [-0.4, -0.2) is 46.5 Å². The highest BCUT2D eigenvalue weighted by atomic mass is 16.5. The van der Waals surface area contributed by atoms with E-state index < -0.39 is 6.10 Å². The number of hydrazone groups is 1. The number of anilines is 4. The van der Waals surface area contributed by atoms with Crippen LogP contribution in [0.25, 0.3) is 0 Å². The van der Waals surface area contributed by atoms with Crippen molar-refractivity contribution in [3.63, 3.8) is 0 Å². The molecule has 0 saturated heterocycles. The van der Waals surface area contributed by atoms with Gasteiger partial charge in [-0.25, -0.2) is 0 Å². The topological polar surface area (TPSA) is 126 Å². The number of hydrogen-bond donors (Lipinski definition) is 4. The summed E-state index contributed by atoms with van der Waals surface area (Å²) in [4.78, 5) is 13.1. The molecule has 0 saturated carbocycles. The monoisotopic (exact) mass is 499 g/mol. The molecule has 37 heavy (non-hydrogen) atoms.